The molecule has 0 aliphatic rings. The van der Waals surface area contributed by atoms with Crippen molar-refractivity contribution in [2.45, 2.75) is 66.7 Å². The van der Waals surface area contributed by atoms with Crippen molar-refractivity contribution in [2.75, 3.05) is 25.5 Å². The number of halogens is 1. The number of unbranched alkanes of at least 4 members (excludes halogenated alkanes) is 1. The van der Waals surface area contributed by atoms with Crippen LogP contribution in [-0.4, -0.2) is 86.6 Å². The van der Waals surface area contributed by atoms with Crippen LogP contribution in [0.4, 0.5) is 5.95 Å². The lowest BCUT2D eigenvalue weighted by molar-refractivity contribution is 0.0991. The highest BCUT2D eigenvalue weighted by atomic mass is 35.5. The molecule has 0 unspecified atom stereocenters. The minimum atomic E-state index is -0.645. The van der Waals surface area contributed by atoms with Crippen molar-refractivity contribution in [3.63, 3.8) is 0 Å². The first-order chi connectivity index (χ1) is 28.0. The maximum absolute atomic E-state index is 13.5. The van der Waals surface area contributed by atoms with Gasteiger partial charge in [-0.05, 0) is 84.5 Å². The summed E-state index contributed by atoms with van der Waals surface area (Å²) in [6.45, 7) is 10.6. The van der Waals surface area contributed by atoms with Crippen LogP contribution in [0.5, 0.6) is 5.75 Å². The fourth-order valence-corrected chi connectivity index (χ4v) is 6.98. The van der Waals surface area contributed by atoms with Crippen molar-refractivity contribution >= 4 is 69.2 Å². The zero-order valence-electron chi connectivity index (χ0n) is 33.5. The Bertz CT molecular complexity index is 2730. The number of pyridine rings is 1. The van der Waals surface area contributed by atoms with Gasteiger partial charge in [0.05, 0.1) is 29.1 Å². The minimum absolute atomic E-state index is 0. The molecular formula is C40H47ClN14O4. The molecule has 7 aromatic rings. The van der Waals surface area contributed by atoms with E-state index in [1.807, 2.05) is 62.2 Å². The largest absolute Gasteiger partial charge is 0.491 e. The maximum Gasteiger partial charge on any atom is 0.276 e. The van der Waals surface area contributed by atoms with Crippen LogP contribution in [0.15, 0.2) is 54.9 Å². The molecule has 59 heavy (non-hydrogen) atoms. The Morgan fingerprint density at radius 2 is 1.51 bits per heavy atom. The molecule has 0 fully saturated rings. The molecule has 18 nitrogen and oxygen atoms in total. The molecule has 308 valence electrons. The number of fused-ring (bicyclic) bond motifs is 4. The summed E-state index contributed by atoms with van der Waals surface area (Å²) in [6, 6.07) is 8.63. The number of nitrogens with zero attached hydrogens (tertiary/aromatic N) is 10. The van der Waals surface area contributed by atoms with Gasteiger partial charge in [-0.1, -0.05) is 12.2 Å². The number of hydrogen-bond donors (Lipinski definition) is 4. The van der Waals surface area contributed by atoms with Gasteiger partial charge < -0.3 is 26.1 Å². The first kappa shape index (κ1) is 42.0. The van der Waals surface area contributed by atoms with Crippen LogP contribution in [-0.2, 0) is 26.2 Å². The molecule has 3 amide bonds. The van der Waals surface area contributed by atoms with E-state index < -0.39 is 17.7 Å². The summed E-state index contributed by atoms with van der Waals surface area (Å²) >= 11 is 0. The standard InChI is InChI=1S/C40H46N14O4.ClH/c1-6-53-30(16-23(3)49-53)36-44-22-28-27-18-25(34(41)55)20-32(58-15-11-8-12-43-5)33(27)51(37(28)47-36)13-9-10-14-52-38-29(19-26(21-45-38)35(42)56)46-40(52)48-39(57)31-17-24(4)50-54(31)7-2;/h9-10,16-22,43H,6-8,11-15H2,1-5H3,(H2,41,55)(H2,42,56)(H,46,48,57);1H. The molecule has 6 aromatic heterocycles. The van der Waals surface area contributed by atoms with Gasteiger partial charge in [-0.25, -0.2) is 19.9 Å². The molecule has 0 aliphatic carbocycles. The second kappa shape index (κ2) is 17.9. The van der Waals surface area contributed by atoms with Crippen LogP contribution in [0.3, 0.4) is 0 Å². The molecule has 0 bridgehead atoms. The molecule has 1 aromatic carbocycles. The fraction of sp³-hybridized carbons (Fsp3) is 0.325. The molecule has 19 heteroatoms. The van der Waals surface area contributed by atoms with Crippen molar-refractivity contribution in [3.05, 3.63) is 83.1 Å². The van der Waals surface area contributed by atoms with Crippen molar-refractivity contribution < 1.29 is 19.1 Å². The third-order valence-corrected chi connectivity index (χ3v) is 9.73. The summed E-state index contributed by atoms with van der Waals surface area (Å²) in [5.74, 6) is -0.395. The summed E-state index contributed by atoms with van der Waals surface area (Å²) in [4.78, 5) is 57.1. The Morgan fingerprint density at radius 1 is 0.797 bits per heavy atom. The SMILES string of the molecule is CCn1nc(C)cc1C(=O)Nc1nc2cc(C(N)=O)cnc2n1CC=CCn1c2nc(-c3cc(C)nn3CC)ncc2c2cc(C(N)=O)cc(OCCCCNC)c21.Cl. The van der Waals surface area contributed by atoms with Gasteiger partial charge in [-0.2, -0.15) is 10.2 Å². The summed E-state index contributed by atoms with van der Waals surface area (Å²) in [5.41, 5.74) is 16.8. The van der Waals surface area contributed by atoms with E-state index in [1.54, 1.807) is 39.7 Å². The molecule has 7 rings (SSSR count). The third-order valence-electron chi connectivity index (χ3n) is 9.73. The number of aryl methyl sites for hydroxylation is 4. The lowest BCUT2D eigenvalue weighted by Gasteiger charge is -2.12. The monoisotopic (exact) mass is 822 g/mol. The second-order valence-corrected chi connectivity index (χ2v) is 13.8. The summed E-state index contributed by atoms with van der Waals surface area (Å²) in [5, 5.41) is 16.5. The number of allylic oxidation sites excluding steroid dienone is 2. The van der Waals surface area contributed by atoms with Crippen LogP contribution >= 0.6 is 12.4 Å². The predicted octanol–water partition coefficient (Wildman–Crippen LogP) is 4.55. The number of carbonyl (C=O) groups excluding carboxylic acids is 3. The molecule has 0 radical (unpaired) electrons. The highest BCUT2D eigenvalue weighted by Gasteiger charge is 2.22. The van der Waals surface area contributed by atoms with E-state index in [1.165, 1.54) is 6.20 Å². The molecule has 0 saturated carbocycles. The van der Waals surface area contributed by atoms with Crippen molar-refractivity contribution in [3.8, 4) is 17.3 Å². The normalized spacial score (nSPS) is 11.5. The minimum Gasteiger partial charge on any atom is -0.491 e. The molecule has 0 aliphatic heterocycles. The van der Waals surface area contributed by atoms with Crippen molar-refractivity contribution in [2.24, 2.45) is 11.5 Å². The van der Waals surface area contributed by atoms with Crippen LogP contribution in [0.2, 0.25) is 0 Å². The number of aromatic nitrogens is 10. The van der Waals surface area contributed by atoms with Gasteiger partial charge in [0.1, 0.15) is 28.3 Å². The average Bonchev–Trinajstić information content (AvgIpc) is 3.96. The first-order valence-electron chi connectivity index (χ1n) is 19.1. The number of ether oxygens (including phenoxy) is 1. The summed E-state index contributed by atoms with van der Waals surface area (Å²) in [7, 11) is 1.91. The van der Waals surface area contributed by atoms with Gasteiger partial charge in [0, 0.05) is 54.9 Å². The van der Waals surface area contributed by atoms with Gasteiger partial charge >= 0.3 is 0 Å². The van der Waals surface area contributed by atoms with E-state index in [4.69, 9.17) is 26.2 Å². The Balaban J connectivity index is 0.00000585. The van der Waals surface area contributed by atoms with E-state index in [0.717, 1.165) is 47.1 Å². The van der Waals surface area contributed by atoms with Gasteiger partial charge in [-0.15, -0.1) is 12.4 Å². The number of rotatable bonds is 17. The molecule has 0 atom stereocenters. The number of imidazole rings is 1. The Hall–Kier alpha value is -6.66. The number of benzene rings is 1. The zero-order valence-corrected chi connectivity index (χ0v) is 34.3. The topological polar surface area (TPSA) is 234 Å². The first-order valence-corrected chi connectivity index (χ1v) is 19.1. The number of hydrogen-bond acceptors (Lipinski definition) is 11. The smallest absolute Gasteiger partial charge is 0.276 e. The number of anilines is 1. The van der Waals surface area contributed by atoms with Crippen molar-refractivity contribution in [1.82, 2.24) is 53.9 Å². The zero-order chi connectivity index (χ0) is 41.1. The lowest BCUT2D eigenvalue weighted by atomic mass is 10.1. The van der Waals surface area contributed by atoms with Crippen LogP contribution in [0.1, 0.15) is 69.3 Å². The quantitative estimate of drug-likeness (QED) is 0.0735. The highest BCUT2D eigenvalue weighted by Crippen LogP contribution is 2.36. The Kier molecular flexibility index (Phi) is 12.7. The molecule has 6 N–H and O–H groups in total. The lowest BCUT2D eigenvalue weighted by Crippen LogP contribution is -2.20. The Labute approximate surface area is 345 Å². The summed E-state index contributed by atoms with van der Waals surface area (Å²) < 4.78 is 13.6. The molecular weight excluding hydrogens is 776 g/mol. The number of carbonyl (C=O) groups is 3. The van der Waals surface area contributed by atoms with Gasteiger partial charge in [0.25, 0.3) is 5.91 Å². The van der Waals surface area contributed by atoms with Gasteiger partial charge in [0.2, 0.25) is 17.8 Å². The highest BCUT2D eigenvalue weighted by molar-refractivity contribution is 6.12. The van der Waals surface area contributed by atoms with Crippen LogP contribution in [0, 0.1) is 13.8 Å². The van der Waals surface area contributed by atoms with E-state index in [9.17, 15) is 14.4 Å². The van der Waals surface area contributed by atoms with Crippen LogP contribution in [0.25, 0.3) is 44.6 Å². The Morgan fingerprint density at radius 3 is 2.22 bits per heavy atom. The summed E-state index contributed by atoms with van der Waals surface area (Å²) in [6.07, 6.45) is 8.73. The average molecular weight is 823 g/mol. The van der Waals surface area contributed by atoms with E-state index in [2.05, 4.69) is 30.8 Å². The van der Waals surface area contributed by atoms with Gasteiger partial charge in [-0.3, -0.25) is 33.6 Å². The number of nitrogens with one attached hydrogen (secondary N) is 2. The van der Waals surface area contributed by atoms with Crippen molar-refractivity contribution in [1.29, 1.82) is 0 Å². The number of primary amides is 2. The van der Waals surface area contributed by atoms with Gasteiger partial charge in [0.15, 0.2) is 11.5 Å². The number of nitrogens with two attached hydrogens (primary N) is 2. The molecule has 0 spiro atoms. The second-order valence-electron chi connectivity index (χ2n) is 13.8. The van der Waals surface area contributed by atoms with E-state index in [0.29, 0.717) is 71.6 Å². The molecule has 0 saturated heterocycles. The number of amides is 3. The predicted molar refractivity (Wildman–Crippen MR) is 227 cm³/mol. The molecule has 6 heterocycles. The fourth-order valence-electron chi connectivity index (χ4n) is 6.98. The maximum atomic E-state index is 13.5. The van der Waals surface area contributed by atoms with Crippen LogP contribution < -0.4 is 26.8 Å². The third kappa shape index (κ3) is 8.49. The van der Waals surface area contributed by atoms with E-state index in [-0.39, 0.29) is 30.5 Å². The van der Waals surface area contributed by atoms with E-state index >= 15 is 0 Å².